The van der Waals surface area contributed by atoms with Crippen LogP contribution in [0.15, 0.2) is 123 Å². The lowest BCUT2D eigenvalue weighted by Gasteiger charge is -2.13. The topological polar surface area (TPSA) is 69.2 Å². The van der Waals surface area contributed by atoms with Gasteiger partial charge in [0, 0.05) is 21.9 Å². The third-order valence-corrected chi connectivity index (χ3v) is 7.76. The fraction of sp³-hybridized carbons (Fsp3) is 0. The molecule has 5 aromatic carbocycles. The van der Waals surface area contributed by atoms with Gasteiger partial charge in [0.1, 0.15) is 0 Å². The molecule has 0 saturated heterocycles. The summed E-state index contributed by atoms with van der Waals surface area (Å²) in [6.07, 6.45) is 0. The molecule has 166 valence electrons. The maximum Gasteiger partial charge on any atom is 0.269 e. The van der Waals surface area contributed by atoms with Gasteiger partial charge < -0.3 is 5.73 Å². The molecule has 0 aliphatic heterocycles. The fourth-order valence-electron chi connectivity index (χ4n) is 3.69. The number of nitro benzene ring substituents is 1. The van der Waals surface area contributed by atoms with Crippen molar-refractivity contribution in [1.29, 1.82) is 0 Å². The van der Waals surface area contributed by atoms with Crippen LogP contribution in [0.3, 0.4) is 0 Å². The summed E-state index contributed by atoms with van der Waals surface area (Å²) in [4.78, 5) is 12.8. The number of thioether (sulfide) groups is 2. The zero-order valence-corrected chi connectivity index (χ0v) is 19.7. The first-order valence-electron chi connectivity index (χ1n) is 10.6. The summed E-state index contributed by atoms with van der Waals surface area (Å²) in [5.41, 5.74) is 8.04. The van der Waals surface area contributed by atoms with Gasteiger partial charge in [0.15, 0.2) is 0 Å². The van der Waals surface area contributed by atoms with Gasteiger partial charge in [0.25, 0.3) is 5.69 Å². The van der Waals surface area contributed by atoms with E-state index < -0.39 is 4.92 Å². The number of non-ortho nitro benzene ring substituents is 1. The molecular formula is C28H20N2O2S2. The van der Waals surface area contributed by atoms with E-state index in [-0.39, 0.29) is 5.69 Å². The Bertz CT molecular complexity index is 1460. The molecular weight excluding hydrogens is 460 g/mol. The van der Waals surface area contributed by atoms with Crippen molar-refractivity contribution in [2.24, 2.45) is 5.73 Å². The van der Waals surface area contributed by atoms with Crippen molar-refractivity contribution in [3.63, 3.8) is 0 Å². The highest BCUT2D eigenvalue weighted by Gasteiger charge is 2.13. The summed E-state index contributed by atoms with van der Waals surface area (Å²) in [7, 11) is 0. The standard InChI is InChI=1S/C28H20N2O2S2/c29-27(21-9-13-24(14-10-21)30(31)32)28(33-25-15-11-19-5-1-3-7-22(19)17-25)34-26-16-12-20-6-2-4-8-23(20)18-26/h1-18H,29H2. The van der Waals surface area contributed by atoms with Crippen molar-refractivity contribution < 1.29 is 4.92 Å². The molecule has 34 heavy (non-hydrogen) atoms. The molecule has 0 radical (unpaired) electrons. The Labute approximate surface area is 205 Å². The maximum absolute atomic E-state index is 11.1. The number of hydrogen-bond donors (Lipinski definition) is 1. The van der Waals surface area contributed by atoms with Gasteiger partial charge in [-0.05, 0) is 63.5 Å². The number of nitrogens with two attached hydrogens (primary N) is 1. The smallest absolute Gasteiger partial charge is 0.269 e. The van der Waals surface area contributed by atoms with E-state index in [2.05, 4.69) is 60.7 Å². The molecule has 0 aromatic heterocycles. The Morgan fingerprint density at radius 3 is 1.59 bits per heavy atom. The fourth-order valence-corrected chi connectivity index (χ4v) is 5.96. The zero-order chi connectivity index (χ0) is 23.5. The molecule has 4 nitrogen and oxygen atoms in total. The van der Waals surface area contributed by atoms with Crippen LogP contribution in [-0.2, 0) is 0 Å². The summed E-state index contributed by atoms with van der Waals surface area (Å²) in [5, 5.41) is 15.8. The molecule has 0 unspecified atom stereocenters. The van der Waals surface area contributed by atoms with Crippen LogP contribution in [0.25, 0.3) is 27.2 Å². The highest BCUT2D eigenvalue weighted by molar-refractivity contribution is 8.22. The predicted molar refractivity (Wildman–Crippen MR) is 144 cm³/mol. The summed E-state index contributed by atoms with van der Waals surface area (Å²) in [6.45, 7) is 0. The number of fused-ring (bicyclic) bond motifs is 2. The monoisotopic (exact) mass is 480 g/mol. The first kappa shape index (κ1) is 22.1. The number of benzene rings is 5. The number of nitro groups is 1. The summed E-state index contributed by atoms with van der Waals surface area (Å²) in [6, 6.07) is 35.6. The third-order valence-electron chi connectivity index (χ3n) is 5.47. The minimum Gasteiger partial charge on any atom is -0.397 e. The lowest BCUT2D eigenvalue weighted by Crippen LogP contribution is -1.99. The molecule has 0 bridgehead atoms. The molecule has 0 aliphatic carbocycles. The van der Waals surface area contributed by atoms with Crippen molar-refractivity contribution >= 4 is 56.5 Å². The predicted octanol–water partition coefficient (Wildman–Crippen LogP) is 8.07. The van der Waals surface area contributed by atoms with Crippen LogP contribution in [0.5, 0.6) is 0 Å². The first-order chi connectivity index (χ1) is 16.6. The molecule has 0 heterocycles. The van der Waals surface area contributed by atoms with E-state index >= 15 is 0 Å². The Morgan fingerprint density at radius 1 is 0.647 bits per heavy atom. The van der Waals surface area contributed by atoms with Crippen LogP contribution < -0.4 is 5.73 Å². The van der Waals surface area contributed by atoms with Gasteiger partial charge in [-0.15, -0.1) is 0 Å². The van der Waals surface area contributed by atoms with E-state index in [1.807, 2.05) is 24.3 Å². The highest BCUT2D eigenvalue weighted by Crippen LogP contribution is 2.43. The lowest BCUT2D eigenvalue weighted by atomic mass is 10.1. The van der Waals surface area contributed by atoms with E-state index in [0.717, 1.165) is 30.4 Å². The Morgan fingerprint density at radius 2 is 1.12 bits per heavy atom. The van der Waals surface area contributed by atoms with Gasteiger partial charge in [-0.25, -0.2) is 0 Å². The second-order valence-electron chi connectivity index (χ2n) is 7.73. The third kappa shape index (κ3) is 4.78. The average molecular weight is 481 g/mol. The molecule has 0 spiro atoms. The van der Waals surface area contributed by atoms with E-state index in [9.17, 15) is 10.1 Å². The normalized spacial score (nSPS) is 10.9. The average Bonchev–Trinajstić information content (AvgIpc) is 2.88. The minimum absolute atomic E-state index is 0.0439. The van der Waals surface area contributed by atoms with Gasteiger partial charge in [0.2, 0.25) is 0 Å². The van der Waals surface area contributed by atoms with Crippen LogP contribution in [0, 0.1) is 10.1 Å². The molecule has 0 amide bonds. The van der Waals surface area contributed by atoms with E-state index in [4.69, 9.17) is 5.73 Å². The van der Waals surface area contributed by atoms with Crippen molar-refractivity contribution in [2.75, 3.05) is 0 Å². The molecule has 5 aromatic rings. The number of hydrogen-bond acceptors (Lipinski definition) is 5. The Kier molecular flexibility index (Phi) is 6.25. The van der Waals surface area contributed by atoms with Crippen molar-refractivity contribution in [2.45, 2.75) is 9.79 Å². The SMILES string of the molecule is NC(=C(Sc1ccc2ccccc2c1)Sc1ccc2ccccc2c1)c1ccc([N+](=O)[O-])cc1. The minimum atomic E-state index is -0.405. The highest BCUT2D eigenvalue weighted by atomic mass is 32.2. The van der Waals surface area contributed by atoms with E-state index in [1.165, 1.54) is 22.9 Å². The van der Waals surface area contributed by atoms with Gasteiger partial charge in [-0.1, -0.05) is 84.2 Å². The van der Waals surface area contributed by atoms with Crippen molar-refractivity contribution in [3.8, 4) is 0 Å². The van der Waals surface area contributed by atoms with Crippen molar-refractivity contribution in [3.05, 3.63) is 129 Å². The summed E-state index contributed by atoms with van der Waals surface area (Å²) in [5.74, 6) is 0. The van der Waals surface area contributed by atoms with Gasteiger partial charge in [-0.3, -0.25) is 10.1 Å². The summed E-state index contributed by atoms with van der Waals surface area (Å²) < 4.78 is 0.916. The van der Waals surface area contributed by atoms with Gasteiger partial charge in [0.05, 0.1) is 14.9 Å². The number of rotatable bonds is 6. The van der Waals surface area contributed by atoms with Crippen LogP contribution in [0.2, 0.25) is 0 Å². The lowest BCUT2D eigenvalue weighted by molar-refractivity contribution is -0.384. The maximum atomic E-state index is 11.1. The quantitative estimate of drug-likeness (QED) is 0.151. The van der Waals surface area contributed by atoms with Crippen LogP contribution in [0.4, 0.5) is 5.69 Å². The molecule has 0 saturated carbocycles. The largest absolute Gasteiger partial charge is 0.397 e. The molecule has 2 N–H and O–H groups in total. The molecule has 0 fully saturated rings. The Balaban J connectivity index is 1.55. The van der Waals surface area contributed by atoms with Crippen LogP contribution in [-0.4, -0.2) is 4.92 Å². The second-order valence-corrected chi connectivity index (χ2v) is 10.2. The first-order valence-corrected chi connectivity index (χ1v) is 12.3. The van der Waals surface area contributed by atoms with E-state index in [0.29, 0.717) is 5.70 Å². The van der Waals surface area contributed by atoms with Crippen LogP contribution >= 0.6 is 23.5 Å². The van der Waals surface area contributed by atoms with Gasteiger partial charge in [-0.2, -0.15) is 0 Å². The molecule has 0 aliphatic rings. The van der Waals surface area contributed by atoms with Crippen molar-refractivity contribution in [1.82, 2.24) is 0 Å². The van der Waals surface area contributed by atoms with Crippen LogP contribution in [0.1, 0.15) is 5.56 Å². The molecule has 0 atom stereocenters. The molecule has 5 rings (SSSR count). The second kappa shape index (κ2) is 9.63. The number of nitrogens with zero attached hydrogens (tertiary/aromatic N) is 1. The summed E-state index contributed by atoms with van der Waals surface area (Å²) >= 11 is 3.20. The van der Waals surface area contributed by atoms with Gasteiger partial charge >= 0.3 is 0 Å². The Hall–Kier alpha value is -3.74. The van der Waals surface area contributed by atoms with E-state index in [1.54, 1.807) is 35.7 Å². The molecule has 6 heteroatoms. The zero-order valence-electron chi connectivity index (χ0n) is 18.0.